The molecule has 7 nitrogen and oxygen atoms in total. The monoisotopic (exact) mass is 323 g/mol. The molecule has 0 saturated carbocycles. The van der Waals surface area contributed by atoms with E-state index in [9.17, 15) is 13.2 Å². The van der Waals surface area contributed by atoms with Crippen LogP contribution in [0.3, 0.4) is 0 Å². The zero-order valence-corrected chi connectivity index (χ0v) is 13.3. The molecule has 0 fully saturated rings. The van der Waals surface area contributed by atoms with Gasteiger partial charge in [-0.2, -0.15) is 0 Å². The molecule has 2 aromatic rings. The van der Waals surface area contributed by atoms with E-state index < -0.39 is 15.9 Å². The molecule has 0 bridgehead atoms. The van der Waals surface area contributed by atoms with Crippen molar-refractivity contribution in [3.8, 4) is 0 Å². The topological polar surface area (TPSA) is 115 Å². The molecule has 1 aromatic heterocycles. The first-order chi connectivity index (χ1) is 10.2. The fourth-order valence-electron chi connectivity index (χ4n) is 2.13. The fourth-order valence-corrected chi connectivity index (χ4v) is 2.94. The molecule has 0 aliphatic heterocycles. The second kappa shape index (κ2) is 5.90. The van der Waals surface area contributed by atoms with Crippen LogP contribution >= 0.6 is 0 Å². The zero-order valence-electron chi connectivity index (χ0n) is 12.5. The van der Waals surface area contributed by atoms with Gasteiger partial charge in [-0.25, -0.2) is 13.6 Å². The lowest BCUT2D eigenvalue weighted by atomic mass is 10.1. The minimum atomic E-state index is -3.85. The number of nitrogens with one attached hydrogen (secondary N) is 1. The molecule has 22 heavy (non-hydrogen) atoms. The number of nitrogens with zero attached hydrogens (tertiary/aromatic N) is 1. The highest BCUT2D eigenvalue weighted by atomic mass is 32.2. The molecule has 1 heterocycles. The van der Waals surface area contributed by atoms with Gasteiger partial charge in [0.25, 0.3) is 5.91 Å². The number of hydrogen-bond acceptors (Lipinski definition) is 5. The van der Waals surface area contributed by atoms with E-state index in [1.807, 2.05) is 6.92 Å². The molecule has 0 aliphatic rings. The van der Waals surface area contributed by atoms with Crippen molar-refractivity contribution in [2.75, 3.05) is 5.32 Å². The third kappa shape index (κ3) is 3.18. The predicted octanol–water partition coefficient (Wildman–Crippen LogP) is 1.75. The Bertz CT molecular complexity index is 825. The van der Waals surface area contributed by atoms with Crippen molar-refractivity contribution in [3.63, 3.8) is 0 Å². The van der Waals surface area contributed by atoms with E-state index in [1.165, 1.54) is 6.07 Å². The highest BCUT2D eigenvalue weighted by molar-refractivity contribution is 7.89. The van der Waals surface area contributed by atoms with Gasteiger partial charge in [0, 0.05) is 5.69 Å². The Balaban J connectivity index is 2.35. The maximum absolute atomic E-state index is 12.3. The van der Waals surface area contributed by atoms with E-state index in [4.69, 9.17) is 9.66 Å². The lowest BCUT2D eigenvalue weighted by Crippen LogP contribution is -2.17. The van der Waals surface area contributed by atoms with E-state index in [2.05, 4.69) is 10.5 Å². The maximum Gasteiger partial charge on any atom is 0.261 e. The first-order valence-corrected chi connectivity index (χ1v) is 8.18. The van der Waals surface area contributed by atoms with Crippen LogP contribution in [0, 0.1) is 13.8 Å². The van der Waals surface area contributed by atoms with Gasteiger partial charge in [-0.1, -0.05) is 18.1 Å². The average Bonchev–Trinajstić information content (AvgIpc) is 2.80. The Labute approximate surface area is 128 Å². The van der Waals surface area contributed by atoms with Crippen LogP contribution in [0.25, 0.3) is 0 Å². The first-order valence-electron chi connectivity index (χ1n) is 6.64. The Kier molecular flexibility index (Phi) is 4.34. The number of hydrogen-bond donors (Lipinski definition) is 2. The molecule has 118 valence electrons. The van der Waals surface area contributed by atoms with Crippen LogP contribution in [0.15, 0.2) is 27.6 Å². The van der Waals surface area contributed by atoms with Crippen LogP contribution in [0.4, 0.5) is 5.69 Å². The number of carbonyl (C=O) groups is 1. The van der Waals surface area contributed by atoms with E-state index in [1.54, 1.807) is 26.0 Å². The standard InChI is InChI=1S/C14H17N3O4S/c1-4-11-13(9(3)21-17-11)14(18)16-10-6-5-8(2)12(7-10)22(15,19)20/h5-7H,4H2,1-3H3,(H,16,18)(H2,15,19,20). The largest absolute Gasteiger partial charge is 0.361 e. The van der Waals surface area contributed by atoms with Gasteiger partial charge in [-0.15, -0.1) is 0 Å². The van der Waals surface area contributed by atoms with Crippen LogP contribution < -0.4 is 10.5 Å². The van der Waals surface area contributed by atoms with Gasteiger partial charge in [0.05, 0.1) is 10.6 Å². The van der Waals surface area contributed by atoms with E-state index in [0.29, 0.717) is 34.7 Å². The maximum atomic E-state index is 12.3. The van der Waals surface area contributed by atoms with Gasteiger partial charge in [0.15, 0.2) is 0 Å². The number of rotatable bonds is 4. The minimum absolute atomic E-state index is 0.0249. The molecular weight excluding hydrogens is 306 g/mol. The summed E-state index contributed by atoms with van der Waals surface area (Å²) in [7, 11) is -3.85. The number of nitrogens with two attached hydrogens (primary N) is 1. The van der Waals surface area contributed by atoms with Crippen LogP contribution in [0.1, 0.15) is 34.3 Å². The molecule has 0 radical (unpaired) electrons. The number of sulfonamides is 1. The van der Waals surface area contributed by atoms with E-state index in [0.717, 1.165) is 0 Å². The zero-order chi connectivity index (χ0) is 16.5. The summed E-state index contributed by atoms with van der Waals surface area (Å²) in [6.45, 7) is 5.13. The van der Waals surface area contributed by atoms with Gasteiger partial charge in [-0.3, -0.25) is 4.79 Å². The Morgan fingerprint density at radius 1 is 1.36 bits per heavy atom. The van der Waals surface area contributed by atoms with Gasteiger partial charge in [0.1, 0.15) is 11.3 Å². The highest BCUT2D eigenvalue weighted by Crippen LogP contribution is 2.21. The van der Waals surface area contributed by atoms with Crippen molar-refractivity contribution in [2.45, 2.75) is 32.1 Å². The molecule has 0 spiro atoms. The number of carbonyl (C=O) groups excluding carboxylic acids is 1. The Hall–Kier alpha value is -2.19. The normalized spacial score (nSPS) is 11.5. The van der Waals surface area contributed by atoms with Crippen molar-refractivity contribution in [1.29, 1.82) is 0 Å². The smallest absolute Gasteiger partial charge is 0.261 e. The molecule has 3 N–H and O–H groups in total. The third-order valence-electron chi connectivity index (χ3n) is 3.25. The number of aromatic nitrogens is 1. The van der Waals surface area contributed by atoms with Crippen molar-refractivity contribution in [3.05, 3.63) is 40.8 Å². The van der Waals surface area contributed by atoms with Crippen LogP contribution in [0.5, 0.6) is 0 Å². The first kappa shape index (κ1) is 16.2. The predicted molar refractivity (Wildman–Crippen MR) is 81.1 cm³/mol. The minimum Gasteiger partial charge on any atom is -0.361 e. The highest BCUT2D eigenvalue weighted by Gasteiger charge is 2.20. The van der Waals surface area contributed by atoms with Crippen LogP contribution in [-0.2, 0) is 16.4 Å². The van der Waals surface area contributed by atoms with Gasteiger partial charge in [0.2, 0.25) is 10.0 Å². The number of amides is 1. The van der Waals surface area contributed by atoms with Gasteiger partial charge < -0.3 is 9.84 Å². The molecule has 1 amide bonds. The fraction of sp³-hybridized carbons (Fsp3) is 0.286. The van der Waals surface area contributed by atoms with Crippen LogP contribution in [0.2, 0.25) is 0 Å². The SMILES string of the molecule is CCc1noc(C)c1C(=O)Nc1ccc(C)c(S(N)(=O)=O)c1. The summed E-state index contributed by atoms with van der Waals surface area (Å²) in [5.41, 5.74) is 1.76. The van der Waals surface area contributed by atoms with Crippen molar-refractivity contribution >= 4 is 21.6 Å². The second-order valence-corrected chi connectivity index (χ2v) is 6.42. The summed E-state index contributed by atoms with van der Waals surface area (Å²) in [6, 6.07) is 4.52. The molecular formula is C14H17N3O4S. The Morgan fingerprint density at radius 2 is 2.05 bits per heavy atom. The van der Waals surface area contributed by atoms with Gasteiger partial charge >= 0.3 is 0 Å². The summed E-state index contributed by atoms with van der Waals surface area (Å²) in [5.74, 6) is 0.00736. The molecule has 0 saturated heterocycles. The lowest BCUT2D eigenvalue weighted by Gasteiger charge is -2.09. The summed E-state index contributed by atoms with van der Waals surface area (Å²) >= 11 is 0. The average molecular weight is 323 g/mol. The van der Waals surface area contributed by atoms with E-state index >= 15 is 0 Å². The quantitative estimate of drug-likeness (QED) is 0.889. The summed E-state index contributed by atoms with van der Waals surface area (Å²) in [4.78, 5) is 12.3. The second-order valence-electron chi connectivity index (χ2n) is 4.89. The number of aryl methyl sites for hydroxylation is 3. The summed E-state index contributed by atoms with van der Waals surface area (Å²) in [5, 5.41) is 11.6. The molecule has 1 aromatic carbocycles. The van der Waals surface area contributed by atoms with Crippen molar-refractivity contribution < 1.29 is 17.7 Å². The van der Waals surface area contributed by atoms with Crippen LogP contribution in [-0.4, -0.2) is 19.5 Å². The molecule has 0 aliphatic carbocycles. The van der Waals surface area contributed by atoms with Crippen molar-refractivity contribution in [2.24, 2.45) is 5.14 Å². The summed E-state index contributed by atoms with van der Waals surface area (Å²) < 4.78 is 28.0. The number of anilines is 1. The summed E-state index contributed by atoms with van der Waals surface area (Å²) in [6.07, 6.45) is 0.552. The lowest BCUT2D eigenvalue weighted by molar-refractivity contribution is 0.102. The third-order valence-corrected chi connectivity index (χ3v) is 4.30. The molecule has 8 heteroatoms. The molecule has 0 unspecified atom stereocenters. The van der Waals surface area contributed by atoms with Crippen molar-refractivity contribution in [1.82, 2.24) is 5.16 Å². The van der Waals surface area contributed by atoms with E-state index in [-0.39, 0.29) is 4.90 Å². The molecule has 2 rings (SSSR count). The molecule has 0 atom stereocenters. The number of primary sulfonamides is 1. The Morgan fingerprint density at radius 3 is 2.64 bits per heavy atom. The van der Waals surface area contributed by atoms with Gasteiger partial charge in [-0.05, 0) is 38.0 Å². The number of benzene rings is 1.